The van der Waals surface area contributed by atoms with Crippen molar-refractivity contribution < 1.29 is 14.7 Å². The van der Waals surface area contributed by atoms with Crippen molar-refractivity contribution in [2.24, 2.45) is 0 Å². The summed E-state index contributed by atoms with van der Waals surface area (Å²) >= 11 is 0. The number of hydrogen-bond acceptors (Lipinski definition) is 2. The Labute approximate surface area is 186 Å². The van der Waals surface area contributed by atoms with Crippen molar-refractivity contribution in [1.29, 1.82) is 0 Å². The van der Waals surface area contributed by atoms with E-state index in [-0.39, 0.29) is 13.2 Å². The molecule has 0 spiro atoms. The lowest BCUT2D eigenvalue weighted by atomic mass is 10.0. The number of hydrogen-bond donors (Lipinski definition) is 2. The van der Waals surface area contributed by atoms with Gasteiger partial charge in [0.15, 0.2) is 0 Å². The van der Waals surface area contributed by atoms with Gasteiger partial charge in [-0.05, 0) is 18.9 Å². The molecule has 0 saturated carbocycles. The van der Waals surface area contributed by atoms with Gasteiger partial charge in [0.1, 0.15) is 19.6 Å². The molecular weight excluding hydrogens is 370 g/mol. The van der Waals surface area contributed by atoms with E-state index < -0.39 is 0 Å². The third kappa shape index (κ3) is 13.2. The highest BCUT2D eigenvalue weighted by Gasteiger charge is 2.24. The molecule has 1 aromatic rings. The van der Waals surface area contributed by atoms with Crippen LogP contribution in [0.4, 0.5) is 0 Å². The van der Waals surface area contributed by atoms with Crippen molar-refractivity contribution in [1.82, 2.24) is 0 Å². The van der Waals surface area contributed by atoms with E-state index in [9.17, 15) is 10.2 Å². The first kappa shape index (κ1) is 26.9. The molecule has 0 fully saturated rings. The Bertz CT molecular complexity index is 509. The Balaban J connectivity index is 2.22. The molecule has 0 saturated heterocycles. The van der Waals surface area contributed by atoms with Crippen molar-refractivity contribution in [3.63, 3.8) is 0 Å². The molecule has 2 N–H and O–H groups in total. The van der Waals surface area contributed by atoms with Crippen LogP contribution in [0.5, 0.6) is 0 Å². The van der Waals surface area contributed by atoms with Gasteiger partial charge < -0.3 is 10.2 Å². The van der Waals surface area contributed by atoms with Crippen molar-refractivity contribution >= 4 is 0 Å². The fourth-order valence-corrected chi connectivity index (χ4v) is 4.22. The lowest BCUT2D eigenvalue weighted by Crippen LogP contribution is -2.46. The van der Waals surface area contributed by atoms with Crippen LogP contribution in [-0.2, 0) is 6.54 Å². The van der Waals surface area contributed by atoms with Crippen LogP contribution in [0.25, 0.3) is 0 Å². The van der Waals surface area contributed by atoms with Crippen LogP contribution < -0.4 is 0 Å². The highest BCUT2D eigenvalue weighted by Crippen LogP contribution is 2.17. The number of quaternary nitrogens is 1. The summed E-state index contributed by atoms with van der Waals surface area (Å²) in [5.41, 5.74) is 1.24. The lowest BCUT2D eigenvalue weighted by molar-refractivity contribution is -0.893. The van der Waals surface area contributed by atoms with E-state index in [1.165, 1.54) is 82.6 Å². The fraction of sp³-hybridized carbons (Fsp3) is 0.704. The zero-order chi connectivity index (χ0) is 21.8. The topological polar surface area (TPSA) is 40.5 Å². The SMILES string of the molecule is CCCCCCCCCCCCCC/C=C/[N+](CCO)(CCO)Cc1ccccc1. The second-order valence-corrected chi connectivity index (χ2v) is 8.82. The maximum atomic E-state index is 9.59. The number of nitrogens with zero attached hydrogens (tertiary/aromatic N) is 1. The Kier molecular flexibility index (Phi) is 16.7. The van der Waals surface area contributed by atoms with Crippen LogP contribution in [0.15, 0.2) is 42.6 Å². The minimum Gasteiger partial charge on any atom is -0.390 e. The first-order chi connectivity index (χ1) is 14.8. The van der Waals surface area contributed by atoms with Gasteiger partial charge in [0.25, 0.3) is 0 Å². The Morgan fingerprint density at radius 3 is 1.70 bits per heavy atom. The van der Waals surface area contributed by atoms with Gasteiger partial charge in [0, 0.05) is 5.56 Å². The smallest absolute Gasteiger partial charge is 0.109 e. The van der Waals surface area contributed by atoms with Crippen LogP contribution in [0.1, 0.15) is 96.0 Å². The average molecular weight is 419 g/mol. The van der Waals surface area contributed by atoms with Gasteiger partial charge in [-0.3, -0.25) is 4.48 Å². The van der Waals surface area contributed by atoms with E-state index in [1.807, 2.05) is 6.07 Å². The molecule has 3 nitrogen and oxygen atoms in total. The molecule has 0 heterocycles. The van der Waals surface area contributed by atoms with Crippen LogP contribution in [0, 0.1) is 0 Å². The Morgan fingerprint density at radius 1 is 0.700 bits per heavy atom. The van der Waals surface area contributed by atoms with Crippen LogP contribution >= 0.6 is 0 Å². The summed E-state index contributed by atoms with van der Waals surface area (Å²) < 4.78 is 0.620. The molecule has 0 aliphatic rings. The van der Waals surface area contributed by atoms with E-state index in [4.69, 9.17) is 0 Å². The second-order valence-electron chi connectivity index (χ2n) is 8.82. The zero-order valence-electron chi connectivity index (χ0n) is 19.6. The number of rotatable bonds is 20. The molecule has 0 aliphatic carbocycles. The van der Waals surface area contributed by atoms with Crippen molar-refractivity contribution in [2.45, 2.75) is 96.9 Å². The maximum absolute atomic E-state index is 9.59. The van der Waals surface area contributed by atoms with E-state index in [1.54, 1.807) is 0 Å². The number of aliphatic hydroxyl groups is 2. The predicted octanol–water partition coefficient (Wildman–Crippen LogP) is 6.59. The molecule has 1 aromatic carbocycles. The Hall–Kier alpha value is -1.16. The standard InChI is InChI=1S/C27H48NO2/c1-2-3-4-5-6-7-8-9-10-11-12-13-14-18-21-28(22-24-29,23-25-30)26-27-19-16-15-17-20-27/h15-21,29-30H,2-14,22-26H2,1H3/q+1/b21-18+. The van der Waals surface area contributed by atoms with Crippen LogP contribution in [0.2, 0.25) is 0 Å². The zero-order valence-corrected chi connectivity index (χ0v) is 19.6. The maximum Gasteiger partial charge on any atom is 0.109 e. The van der Waals surface area contributed by atoms with Crippen molar-refractivity contribution in [3.05, 3.63) is 48.2 Å². The number of unbranched alkanes of at least 4 members (excludes halogenated alkanes) is 12. The van der Waals surface area contributed by atoms with Crippen molar-refractivity contribution in [2.75, 3.05) is 26.3 Å². The summed E-state index contributed by atoms with van der Waals surface area (Å²) in [6.45, 7) is 4.65. The molecule has 172 valence electrons. The summed E-state index contributed by atoms with van der Waals surface area (Å²) in [5, 5.41) is 19.2. The van der Waals surface area contributed by atoms with Crippen LogP contribution in [0.3, 0.4) is 0 Å². The summed E-state index contributed by atoms with van der Waals surface area (Å²) in [5.74, 6) is 0. The summed E-state index contributed by atoms with van der Waals surface area (Å²) in [7, 11) is 0. The first-order valence-corrected chi connectivity index (χ1v) is 12.6. The second kappa shape index (κ2) is 18.6. The minimum absolute atomic E-state index is 0.135. The van der Waals surface area contributed by atoms with E-state index in [0.717, 1.165) is 13.0 Å². The normalized spacial score (nSPS) is 12.1. The Morgan fingerprint density at radius 2 is 1.20 bits per heavy atom. The molecule has 0 radical (unpaired) electrons. The monoisotopic (exact) mass is 418 g/mol. The summed E-state index contributed by atoms with van der Waals surface area (Å²) in [6.07, 6.45) is 22.1. The van der Waals surface area contributed by atoms with Crippen molar-refractivity contribution in [3.8, 4) is 0 Å². The van der Waals surface area contributed by atoms with E-state index >= 15 is 0 Å². The third-order valence-electron chi connectivity index (χ3n) is 6.08. The van der Waals surface area contributed by atoms with Gasteiger partial charge in [-0.15, -0.1) is 0 Å². The molecule has 3 heteroatoms. The van der Waals surface area contributed by atoms with Gasteiger partial charge in [0.2, 0.25) is 0 Å². The molecule has 0 atom stereocenters. The third-order valence-corrected chi connectivity index (χ3v) is 6.08. The van der Waals surface area contributed by atoms with Gasteiger partial charge in [0.05, 0.1) is 19.4 Å². The number of benzene rings is 1. The van der Waals surface area contributed by atoms with Gasteiger partial charge in [-0.25, -0.2) is 0 Å². The van der Waals surface area contributed by atoms with E-state index in [0.29, 0.717) is 17.6 Å². The predicted molar refractivity (Wildman–Crippen MR) is 129 cm³/mol. The highest BCUT2D eigenvalue weighted by atomic mass is 16.3. The minimum atomic E-state index is 0.135. The molecule has 1 rings (SSSR count). The summed E-state index contributed by atoms with van der Waals surface area (Å²) in [6, 6.07) is 10.4. The van der Waals surface area contributed by atoms with E-state index in [2.05, 4.69) is 43.5 Å². The van der Waals surface area contributed by atoms with Crippen LogP contribution in [-0.4, -0.2) is 41.0 Å². The largest absolute Gasteiger partial charge is 0.390 e. The summed E-state index contributed by atoms with van der Waals surface area (Å²) in [4.78, 5) is 0. The van der Waals surface area contributed by atoms with Gasteiger partial charge in [-0.2, -0.15) is 0 Å². The average Bonchev–Trinajstić information content (AvgIpc) is 2.75. The molecular formula is C27H48NO2+. The first-order valence-electron chi connectivity index (χ1n) is 12.6. The number of aliphatic hydroxyl groups excluding tert-OH is 2. The molecule has 30 heavy (non-hydrogen) atoms. The lowest BCUT2D eigenvalue weighted by Gasteiger charge is -2.34. The molecule has 0 aromatic heterocycles. The quantitative estimate of drug-likeness (QED) is 0.185. The molecule has 0 bridgehead atoms. The fourth-order valence-electron chi connectivity index (χ4n) is 4.22. The molecule has 0 aliphatic heterocycles. The van der Waals surface area contributed by atoms with Gasteiger partial charge >= 0.3 is 0 Å². The number of allylic oxidation sites excluding steroid dienone is 1. The molecule has 0 amide bonds. The van der Waals surface area contributed by atoms with Gasteiger partial charge in [-0.1, -0.05) is 108 Å². The highest BCUT2D eigenvalue weighted by molar-refractivity contribution is 5.13. The molecule has 0 unspecified atom stereocenters.